The van der Waals surface area contributed by atoms with Gasteiger partial charge in [0, 0.05) is 41.8 Å². The predicted molar refractivity (Wildman–Crippen MR) is 125 cm³/mol. The maximum atomic E-state index is 12.9. The van der Waals surface area contributed by atoms with Crippen LogP contribution in [0.1, 0.15) is 39.5 Å². The lowest BCUT2D eigenvalue weighted by Crippen LogP contribution is -2.49. The summed E-state index contributed by atoms with van der Waals surface area (Å²) in [6.45, 7) is 3.13. The van der Waals surface area contributed by atoms with Crippen molar-refractivity contribution in [2.45, 2.75) is 64.1 Å². The summed E-state index contributed by atoms with van der Waals surface area (Å²) in [4.78, 5) is 23.8. The monoisotopic (exact) mass is 468 g/mol. The highest BCUT2D eigenvalue weighted by atomic mass is 19.3. The van der Waals surface area contributed by atoms with Gasteiger partial charge < -0.3 is 15.6 Å². The maximum Gasteiger partial charge on any atom is 0.258 e. The SMILES string of the molecule is CC(=O)N[C@]1(C)CC[C@@H](Nc2ncc3c(-c4ccc5nnn(CC(F)F)c5c4)c[nH]c3n2)CC1. The maximum absolute atomic E-state index is 12.9. The first kappa shape index (κ1) is 22.2. The van der Waals surface area contributed by atoms with E-state index >= 15 is 0 Å². The number of hydrogen-bond acceptors (Lipinski definition) is 6. The number of aromatic nitrogens is 6. The molecule has 0 bridgehead atoms. The molecule has 34 heavy (non-hydrogen) atoms. The third-order valence-electron chi connectivity index (χ3n) is 6.47. The molecule has 3 aromatic heterocycles. The van der Waals surface area contributed by atoms with E-state index in [0.29, 0.717) is 22.6 Å². The zero-order chi connectivity index (χ0) is 23.9. The molecule has 1 aliphatic carbocycles. The molecule has 3 heterocycles. The second kappa shape index (κ2) is 8.62. The van der Waals surface area contributed by atoms with Crippen LogP contribution in [-0.4, -0.2) is 53.9 Å². The molecule has 0 atom stereocenters. The average molecular weight is 469 g/mol. The van der Waals surface area contributed by atoms with Crippen LogP contribution in [-0.2, 0) is 11.3 Å². The fourth-order valence-electron chi connectivity index (χ4n) is 4.75. The number of alkyl halides is 2. The molecule has 1 saturated carbocycles. The van der Waals surface area contributed by atoms with E-state index in [9.17, 15) is 13.6 Å². The van der Waals surface area contributed by atoms with Crippen LogP contribution in [0.4, 0.5) is 14.7 Å². The first-order chi connectivity index (χ1) is 16.3. The van der Waals surface area contributed by atoms with Crippen LogP contribution in [0.15, 0.2) is 30.6 Å². The van der Waals surface area contributed by atoms with E-state index in [1.54, 1.807) is 25.3 Å². The smallest absolute Gasteiger partial charge is 0.258 e. The van der Waals surface area contributed by atoms with Crippen LogP contribution in [0.2, 0.25) is 0 Å². The van der Waals surface area contributed by atoms with Gasteiger partial charge in [0.25, 0.3) is 6.43 Å². The highest BCUT2D eigenvalue weighted by Crippen LogP contribution is 2.32. The fourth-order valence-corrected chi connectivity index (χ4v) is 4.75. The number of amides is 1. The van der Waals surface area contributed by atoms with Crippen molar-refractivity contribution in [1.82, 2.24) is 35.3 Å². The first-order valence-corrected chi connectivity index (χ1v) is 11.3. The number of aromatic amines is 1. The molecule has 178 valence electrons. The van der Waals surface area contributed by atoms with Gasteiger partial charge in [-0.25, -0.2) is 18.4 Å². The lowest BCUT2D eigenvalue weighted by atomic mass is 9.81. The molecular formula is C23H26F2N8O. The molecule has 1 aromatic carbocycles. The summed E-state index contributed by atoms with van der Waals surface area (Å²) in [6, 6.07) is 5.69. The van der Waals surface area contributed by atoms with Gasteiger partial charge in [-0.3, -0.25) is 4.79 Å². The topological polar surface area (TPSA) is 113 Å². The summed E-state index contributed by atoms with van der Waals surface area (Å²) in [5.41, 5.74) is 3.35. The molecule has 0 spiro atoms. The molecule has 1 aliphatic rings. The van der Waals surface area contributed by atoms with Crippen LogP contribution in [0.5, 0.6) is 0 Å². The number of carbonyl (C=O) groups is 1. The number of anilines is 1. The van der Waals surface area contributed by atoms with Gasteiger partial charge in [-0.05, 0) is 50.3 Å². The van der Waals surface area contributed by atoms with E-state index in [-0.39, 0.29) is 17.5 Å². The van der Waals surface area contributed by atoms with Gasteiger partial charge in [0.15, 0.2) is 0 Å². The van der Waals surface area contributed by atoms with Crippen LogP contribution in [0, 0.1) is 0 Å². The van der Waals surface area contributed by atoms with Gasteiger partial charge in [0.1, 0.15) is 17.7 Å². The summed E-state index contributed by atoms with van der Waals surface area (Å²) in [5, 5.41) is 15.1. The fraction of sp³-hybridized carbons (Fsp3) is 0.435. The molecule has 0 radical (unpaired) electrons. The minimum atomic E-state index is -2.51. The largest absolute Gasteiger partial charge is 0.351 e. The zero-order valence-corrected chi connectivity index (χ0v) is 19.0. The van der Waals surface area contributed by atoms with Gasteiger partial charge in [-0.1, -0.05) is 11.3 Å². The number of hydrogen-bond donors (Lipinski definition) is 3. The number of benzene rings is 1. The molecule has 9 nitrogen and oxygen atoms in total. The highest BCUT2D eigenvalue weighted by Gasteiger charge is 2.32. The number of carbonyl (C=O) groups excluding carboxylic acids is 1. The lowest BCUT2D eigenvalue weighted by Gasteiger charge is -2.38. The van der Waals surface area contributed by atoms with Crippen molar-refractivity contribution in [1.29, 1.82) is 0 Å². The van der Waals surface area contributed by atoms with E-state index in [1.165, 1.54) is 4.68 Å². The second-order valence-electron chi connectivity index (χ2n) is 9.18. The molecule has 0 aliphatic heterocycles. The number of H-pyrrole nitrogens is 1. The van der Waals surface area contributed by atoms with Gasteiger partial charge in [0.2, 0.25) is 11.9 Å². The Morgan fingerprint density at radius 3 is 2.85 bits per heavy atom. The molecule has 3 N–H and O–H groups in total. The minimum absolute atomic E-state index is 0.000803. The summed E-state index contributed by atoms with van der Waals surface area (Å²) in [5.74, 6) is 0.544. The summed E-state index contributed by atoms with van der Waals surface area (Å²) < 4.78 is 27.0. The Hall–Kier alpha value is -3.63. The summed E-state index contributed by atoms with van der Waals surface area (Å²) in [7, 11) is 0. The van der Waals surface area contributed by atoms with Crippen LogP contribution in [0.3, 0.4) is 0 Å². The number of rotatable bonds is 6. The Morgan fingerprint density at radius 1 is 1.32 bits per heavy atom. The molecule has 11 heteroatoms. The van der Waals surface area contributed by atoms with E-state index in [1.807, 2.05) is 12.3 Å². The quantitative estimate of drug-likeness (QED) is 0.396. The lowest BCUT2D eigenvalue weighted by molar-refractivity contribution is -0.121. The number of nitrogens with zero attached hydrogens (tertiary/aromatic N) is 5. The van der Waals surface area contributed by atoms with E-state index in [0.717, 1.165) is 42.2 Å². The van der Waals surface area contributed by atoms with Gasteiger partial charge in [-0.15, -0.1) is 5.10 Å². The number of halogens is 2. The molecule has 1 fully saturated rings. The van der Waals surface area contributed by atoms with Crippen molar-refractivity contribution in [3.8, 4) is 11.1 Å². The highest BCUT2D eigenvalue weighted by molar-refractivity contribution is 5.95. The Kier molecular flexibility index (Phi) is 5.62. The standard InChI is InChI=1S/C23H26F2N8O/c1-13(34)30-23(2)7-5-15(6-8-23)28-22-27-11-17-16(10-26-21(17)29-22)14-3-4-18-19(9-14)33(32-31-18)12-20(24)25/h3-4,9-11,15,20H,5-8,12H2,1-2H3,(H,30,34)(H2,26,27,28,29)/t15-,23-. The van der Waals surface area contributed by atoms with Crippen molar-refractivity contribution in [3.05, 3.63) is 30.6 Å². The van der Waals surface area contributed by atoms with Gasteiger partial charge >= 0.3 is 0 Å². The van der Waals surface area contributed by atoms with Crippen molar-refractivity contribution >= 4 is 33.9 Å². The predicted octanol–water partition coefficient (Wildman–Crippen LogP) is 3.88. The molecule has 0 saturated heterocycles. The molecule has 1 amide bonds. The minimum Gasteiger partial charge on any atom is -0.351 e. The molecular weight excluding hydrogens is 442 g/mol. The first-order valence-electron chi connectivity index (χ1n) is 11.3. The molecule has 0 unspecified atom stereocenters. The van der Waals surface area contributed by atoms with Crippen molar-refractivity contribution in [2.75, 3.05) is 5.32 Å². The van der Waals surface area contributed by atoms with Crippen molar-refractivity contribution in [2.24, 2.45) is 0 Å². The Bertz CT molecular complexity index is 1340. The van der Waals surface area contributed by atoms with E-state index in [4.69, 9.17) is 0 Å². The zero-order valence-electron chi connectivity index (χ0n) is 19.0. The van der Waals surface area contributed by atoms with Crippen LogP contribution < -0.4 is 10.6 Å². The second-order valence-corrected chi connectivity index (χ2v) is 9.18. The van der Waals surface area contributed by atoms with Crippen molar-refractivity contribution < 1.29 is 13.6 Å². The summed E-state index contributed by atoms with van der Waals surface area (Å²) >= 11 is 0. The number of fused-ring (bicyclic) bond motifs is 2. The number of nitrogens with one attached hydrogen (secondary N) is 3. The third-order valence-corrected chi connectivity index (χ3v) is 6.47. The van der Waals surface area contributed by atoms with Gasteiger partial charge in [0.05, 0.1) is 5.52 Å². The third kappa shape index (κ3) is 4.42. The summed E-state index contributed by atoms with van der Waals surface area (Å²) in [6.07, 6.45) is 4.69. The van der Waals surface area contributed by atoms with Gasteiger partial charge in [-0.2, -0.15) is 4.98 Å². The Morgan fingerprint density at radius 2 is 2.12 bits per heavy atom. The van der Waals surface area contributed by atoms with E-state index in [2.05, 4.69) is 42.8 Å². The van der Waals surface area contributed by atoms with Crippen LogP contribution >= 0.6 is 0 Å². The Labute approximate surface area is 194 Å². The Balaban J connectivity index is 1.34. The average Bonchev–Trinajstić information content (AvgIpc) is 3.38. The van der Waals surface area contributed by atoms with E-state index < -0.39 is 13.0 Å². The molecule has 5 rings (SSSR count). The van der Waals surface area contributed by atoms with Crippen LogP contribution in [0.25, 0.3) is 33.2 Å². The van der Waals surface area contributed by atoms with Crippen molar-refractivity contribution in [3.63, 3.8) is 0 Å². The molecule has 4 aromatic rings. The normalized spacial score (nSPS) is 20.8.